The number of hydrogen-bond donors (Lipinski definition) is 1. The first-order valence-electron chi connectivity index (χ1n) is 12.9. The monoisotopic (exact) mass is 474 g/mol. The summed E-state index contributed by atoms with van der Waals surface area (Å²) in [6.07, 6.45) is 6.40. The van der Waals surface area contributed by atoms with Crippen molar-refractivity contribution in [3.63, 3.8) is 0 Å². The summed E-state index contributed by atoms with van der Waals surface area (Å²) in [5, 5.41) is 3.02. The molecule has 5 rings (SSSR count). The van der Waals surface area contributed by atoms with Gasteiger partial charge < -0.3 is 20.0 Å². The van der Waals surface area contributed by atoms with E-state index in [0.717, 1.165) is 24.9 Å². The molecule has 2 aromatic carbocycles. The Morgan fingerprint density at radius 3 is 2.49 bits per heavy atom. The van der Waals surface area contributed by atoms with Crippen LogP contribution in [-0.2, 0) is 11.3 Å². The Bertz CT molecular complexity index is 1080. The zero-order valence-corrected chi connectivity index (χ0v) is 20.2. The van der Waals surface area contributed by atoms with E-state index >= 15 is 0 Å². The third-order valence-electron chi connectivity index (χ3n) is 7.43. The van der Waals surface area contributed by atoms with Crippen LogP contribution in [0.25, 0.3) is 0 Å². The van der Waals surface area contributed by atoms with Crippen molar-refractivity contribution in [3.05, 3.63) is 65.2 Å². The van der Waals surface area contributed by atoms with Gasteiger partial charge in [0.25, 0.3) is 11.8 Å². The summed E-state index contributed by atoms with van der Waals surface area (Å²) in [5.74, 6) is -0.166. The van der Waals surface area contributed by atoms with Gasteiger partial charge in [0.05, 0.1) is 17.8 Å². The van der Waals surface area contributed by atoms with Crippen molar-refractivity contribution in [1.29, 1.82) is 0 Å². The molecule has 7 nitrogen and oxygen atoms in total. The number of nitrogens with zero attached hydrogens (tertiary/aromatic N) is 3. The van der Waals surface area contributed by atoms with Crippen LogP contribution in [0.3, 0.4) is 0 Å². The van der Waals surface area contributed by atoms with Gasteiger partial charge in [-0.2, -0.15) is 0 Å². The summed E-state index contributed by atoms with van der Waals surface area (Å²) in [5.41, 5.74) is 2.78. The second-order valence-electron chi connectivity index (χ2n) is 9.81. The predicted molar refractivity (Wildman–Crippen MR) is 135 cm³/mol. The van der Waals surface area contributed by atoms with Crippen LogP contribution in [0.1, 0.15) is 64.8 Å². The molecule has 3 heterocycles. The van der Waals surface area contributed by atoms with E-state index in [1.807, 2.05) is 42.5 Å². The fraction of sp³-hybridized carbons (Fsp3) is 0.464. The molecule has 0 radical (unpaired) electrons. The highest BCUT2D eigenvalue weighted by atomic mass is 16.2. The molecule has 1 N–H and O–H groups in total. The standard InChI is InChI=1S/C28H34N4O3/c33-26(29-15-7-18-30-16-4-1-5-17-30)22-13-11-21(12-14-22)20-32-24-9-3-2-8-23(24)27(34)31-19-6-10-25(31)28(32)35/h2-3,8-9,11-14,25H,1,4-7,10,15-20H2,(H,29,33)/t25-/m0/s1. The minimum absolute atomic E-state index is 0.0312. The van der Waals surface area contributed by atoms with Crippen molar-refractivity contribution in [2.45, 2.75) is 51.1 Å². The molecule has 2 fully saturated rings. The number of hydrogen-bond acceptors (Lipinski definition) is 4. The van der Waals surface area contributed by atoms with E-state index in [4.69, 9.17) is 0 Å². The number of amides is 3. The van der Waals surface area contributed by atoms with E-state index in [9.17, 15) is 14.4 Å². The van der Waals surface area contributed by atoms with Crippen LogP contribution in [0.15, 0.2) is 48.5 Å². The van der Waals surface area contributed by atoms with Gasteiger partial charge in [-0.1, -0.05) is 30.7 Å². The topological polar surface area (TPSA) is 73.0 Å². The second kappa shape index (κ2) is 10.6. The Morgan fingerprint density at radius 1 is 0.914 bits per heavy atom. The largest absolute Gasteiger partial charge is 0.352 e. The molecule has 7 heteroatoms. The highest BCUT2D eigenvalue weighted by Gasteiger charge is 2.41. The van der Waals surface area contributed by atoms with Gasteiger partial charge in [-0.3, -0.25) is 14.4 Å². The lowest BCUT2D eigenvalue weighted by Crippen LogP contribution is -2.44. The maximum absolute atomic E-state index is 13.4. The number of carbonyl (C=O) groups is 3. The molecule has 2 saturated heterocycles. The maximum Gasteiger partial charge on any atom is 0.256 e. The number of benzene rings is 2. The SMILES string of the molecule is O=C(NCCCN1CCCCC1)c1ccc(CN2C(=O)[C@@H]3CCCN3C(=O)c3ccccc32)cc1. The number of para-hydroxylation sites is 1. The van der Waals surface area contributed by atoms with Gasteiger partial charge in [0.15, 0.2) is 0 Å². The van der Waals surface area contributed by atoms with Crippen molar-refractivity contribution in [2.75, 3.05) is 37.6 Å². The number of fused-ring (bicyclic) bond motifs is 2. The number of carbonyl (C=O) groups excluding carboxylic acids is 3. The molecule has 0 saturated carbocycles. The summed E-state index contributed by atoms with van der Waals surface area (Å²) in [6, 6.07) is 14.4. The first kappa shape index (κ1) is 23.5. The molecule has 184 valence electrons. The fourth-order valence-corrected chi connectivity index (χ4v) is 5.51. The van der Waals surface area contributed by atoms with E-state index in [1.54, 1.807) is 15.9 Å². The lowest BCUT2D eigenvalue weighted by atomic mass is 10.1. The van der Waals surface area contributed by atoms with Gasteiger partial charge in [-0.15, -0.1) is 0 Å². The minimum Gasteiger partial charge on any atom is -0.352 e. The molecule has 3 amide bonds. The highest BCUT2D eigenvalue weighted by molar-refractivity contribution is 6.11. The quantitative estimate of drug-likeness (QED) is 0.624. The smallest absolute Gasteiger partial charge is 0.256 e. The Hall–Kier alpha value is -3.19. The molecule has 0 aromatic heterocycles. The van der Waals surface area contributed by atoms with Crippen LogP contribution in [-0.4, -0.2) is 66.3 Å². The van der Waals surface area contributed by atoms with Gasteiger partial charge in [0.1, 0.15) is 6.04 Å². The molecule has 3 aliphatic rings. The average Bonchev–Trinajstić information content (AvgIpc) is 3.37. The Morgan fingerprint density at radius 2 is 1.69 bits per heavy atom. The predicted octanol–water partition coefficient (Wildman–Crippen LogP) is 3.44. The van der Waals surface area contributed by atoms with E-state index in [0.29, 0.717) is 42.9 Å². The zero-order valence-electron chi connectivity index (χ0n) is 20.2. The molecule has 0 aliphatic carbocycles. The molecule has 0 unspecified atom stereocenters. The van der Waals surface area contributed by atoms with Crippen molar-refractivity contribution < 1.29 is 14.4 Å². The first-order chi connectivity index (χ1) is 17.1. The van der Waals surface area contributed by atoms with Gasteiger partial charge in [-0.25, -0.2) is 0 Å². The first-order valence-corrected chi connectivity index (χ1v) is 12.9. The van der Waals surface area contributed by atoms with Crippen molar-refractivity contribution in [1.82, 2.24) is 15.1 Å². The molecule has 2 aromatic rings. The van der Waals surface area contributed by atoms with Gasteiger partial charge in [0.2, 0.25) is 5.91 Å². The third kappa shape index (κ3) is 5.10. The molecule has 0 bridgehead atoms. The Labute approximate surface area is 207 Å². The number of nitrogens with one attached hydrogen (secondary N) is 1. The Balaban J connectivity index is 1.22. The van der Waals surface area contributed by atoms with Crippen LogP contribution in [0.2, 0.25) is 0 Å². The van der Waals surface area contributed by atoms with Gasteiger partial charge in [-0.05, 0) is 81.6 Å². The van der Waals surface area contributed by atoms with Crippen LogP contribution in [0, 0.1) is 0 Å². The molecule has 1 atom stereocenters. The fourth-order valence-electron chi connectivity index (χ4n) is 5.51. The minimum atomic E-state index is -0.398. The van der Waals surface area contributed by atoms with Gasteiger partial charge in [0, 0.05) is 18.7 Å². The molecule has 35 heavy (non-hydrogen) atoms. The summed E-state index contributed by atoms with van der Waals surface area (Å²) in [4.78, 5) is 45.0. The van der Waals surface area contributed by atoms with Crippen LogP contribution < -0.4 is 10.2 Å². The van der Waals surface area contributed by atoms with Crippen LogP contribution in [0.4, 0.5) is 5.69 Å². The number of anilines is 1. The van der Waals surface area contributed by atoms with Crippen molar-refractivity contribution in [3.8, 4) is 0 Å². The van der Waals surface area contributed by atoms with E-state index in [1.165, 1.54) is 32.4 Å². The molecular weight excluding hydrogens is 440 g/mol. The zero-order chi connectivity index (χ0) is 24.2. The van der Waals surface area contributed by atoms with E-state index < -0.39 is 6.04 Å². The summed E-state index contributed by atoms with van der Waals surface area (Å²) < 4.78 is 0. The summed E-state index contributed by atoms with van der Waals surface area (Å²) >= 11 is 0. The van der Waals surface area contributed by atoms with Crippen LogP contribution in [0.5, 0.6) is 0 Å². The number of likely N-dealkylation sites (tertiary alicyclic amines) is 1. The summed E-state index contributed by atoms with van der Waals surface area (Å²) in [7, 11) is 0. The van der Waals surface area contributed by atoms with Crippen LogP contribution >= 0.6 is 0 Å². The third-order valence-corrected chi connectivity index (χ3v) is 7.43. The van der Waals surface area contributed by atoms with E-state index in [-0.39, 0.29) is 17.7 Å². The van der Waals surface area contributed by atoms with Gasteiger partial charge >= 0.3 is 0 Å². The lowest BCUT2D eigenvalue weighted by molar-refractivity contribution is -0.122. The Kier molecular flexibility index (Phi) is 7.13. The maximum atomic E-state index is 13.4. The normalized spacial score (nSPS) is 20.4. The highest BCUT2D eigenvalue weighted by Crippen LogP contribution is 2.33. The summed E-state index contributed by atoms with van der Waals surface area (Å²) in [6.45, 7) is 5.04. The molecular formula is C28H34N4O3. The molecule has 0 spiro atoms. The molecule has 3 aliphatic heterocycles. The second-order valence-corrected chi connectivity index (χ2v) is 9.81. The van der Waals surface area contributed by atoms with E-state index in [2.05, 4.69) is 10.2 Å². The number of piperidine rings is 1. The average molecular weight is 475 g/mol. The lowest BCUT2D eigenvalue weighted by Gasteiger charge is -2.26. The number of rotatable bonds is 7. The van der Waals surface area contributed by atoms with Crippen molar-refractivity contribution >= 4 is 23.4 Å². The van der Waals surface area contributed by atoms with Crippen molar-refractivity contribution in [2.24, 2.45) is 0 Å².